The first-order valence-corrected chi connectivity index (χ1v) is 8.06. The Morgan fingerprint density at radius 3 is 2.05 bits per heavy atom. The molecule has 0 amide bonds. The van der Waals surface area contributed by atoms with E-state index in [-0.39, 0.29) is 0 Å². The van der Waals surface area contributed by atoms with Gasteiger partial charge in [0, 0.05) is 0 Å². The van der Waals surface area contributed by atoms with Crippen molar-refractivity contribution in [3.8, 4) is 0 Å². The van der Waals surface area contributed by atoms with Crippen LogP contribution in [-0.4, -0.2) is 0 Å². The van der Waals surface area contributed by atoms with Crippen LogP contribution in [0.25, 0.3) is 0 Å². The van der Waals surface area contributed by atoms with Crippen molar-refractivity contribution in [2.75, 3.05) is 0 Å². The summed E-state index contributed by atoms with van der Waals surface area (Å²) in [6.07, 6.45) is 15.2. The van der Waals surface area contributed by atoms with Crippen LogP contribution in [0.2, 0.25) is 0 Å². The van der Waals surface area contributed by atoms with Crippen LogP contribution < -0.4 is 0 Å². The lowest BCUT2D eigenvalue weighted by Crippen LogP contribution is -1.94. The lowest BCUT2D eigenvalue weighted by molar-refractivity contribution is 0.596. The average molecular weight is 258 g/mol. The largest absolute Gasteiger partial charge is 0.103 e. The van der Waals surface area contributed by atoms with Gasteiger partial charge in [0.2, 0.25) is 0 Å². The molecule has 1 aromatic rings. The van der Waals surface area contributed by atoms with E-state index in [4.69, 9.17) is 0 Å². The summed E-state index contributed by atoms with van der Waals surface area (Å²) in [6, 6.07) is 8.97. The molecule has 1 aromatic carbocycles. The number of benzene rings is 1. The topological polar surface area (TPSA) is 0 Å². The summed E-state index contributed by atoms with van der Waals surface area (Å²) >= 11 is 0. The molecular weight excluding hydrogens is 228 g/mol. The summed E-state index contributed by atoms with van der Waals surface area (Å²) in [7, 11) is 0. The van der Waals surface area contributed by atoms with Crippen molar-refractivity contribution in [3.05, 3.63) is 48.0 Å². The molecule has 0 aliphatic heterocycles. The van der Waals surface area contributed by atoms with Crippen LogP contribution in [0.3, 0.4) is 0 Å². The van der Waals surface area contributed by atoms with E-state index in [0.717, 1.165) is 0 Å². The lowest BCUT2D eigenvalue weighted by Gasteiger charge is -2.08. The van der Waals surface area contributed by atoms with Crippen molar-refractivity contribution in [1.29, 1.82) is 0 Å². The minimum Gasteiger partial charge on any atom is -0.103 e. The number of unbranched alkanes of at least 4 members (excludes halogenated alkanes) is 6. The Morgan fingerprint density at radius 1 is 0.842 bits per heavy atom. The van der Waals surface area contributed by atoms with E-state index in [2.05, 4.69) is 37.8 Å². The maximum absolute atomic E-state index is 3.76. The van der Waals surface area contributed by atoms with Gasteiger partial charge in [0.25, 0.3) is 0 Å². The number of aryl methyl sites for hydroxylation is 2. The molecule has 0 N–H and O–H groups in total. The number of rotatable bonds is 11. The highest BCUT2D eigenvalue weighted by atomic mass is 14.1. The van der Waals surface area contributed by atoms with Crippen LogP contribution in [0.15, 0.2) is 36.9 Å². The lowest BCUT2D eigenvalue weighted by atomic mass is 9.98. The Balaban J connectivity index is 2.13. The molecule has 0 unspecified atom stereocenters. The molecule has 106 valence electrons. The Hall–Kier alpha value is -1.04. The summed E-state index contributed by atoms with van der Waals surface area (Å²) in [5.74, 6) is 0. The molecule has 0 atom stereocenters. The normalized spacial score (nSPS) is 10.6. The molecule has 19 heavy (non-hydrogen) atoms. The fraction of sp³-hybridized carbons (Fsp3) is 0.579. The quantitative estimate of drug-likeness (QED) is 0.332. The molecule has 0 bridgehead atoms. The van der Waals surface area contributed by atoms with E-state index < -0.39 is 0 Å². The molecule has 0 aliphatic carbocycles. The minimum atomic E-state index is 1.18. The van der Waals surface area contributed by atoms with E-state index >= 15 is 0 Å². The summed E-state index contributed by atoms with van der Waals surface area (Å²) in [4.78, 5) is 0. The molecule has 0 radical (unpaired) electrons. The van der Waals surface area contributed by atoms with Gasteiger partial charge in [-0.05, 0) is 43.2 Å². The fourth-order valence-electron chi connectivity index (χ4n) is 2.63. The summed E-state index contributed by atoms with van der Waals surface area (Å²) in [5.41, 5.74) is 3.15. The molecule has 0 heterocycles. The summed E-state index contributed by atoms with van der Waals surface area (Å²) in [6.45, 7) is 6.03. The first-order valence-electron chi connectivity index (χ1n) is 8.06. The third kappa shape index (κ3) is 7.20. The molecule has 0 heteroatoms. The van der Waals surface area contributed by atoms with E-state index in [1.54, 1.807) is 11.1 Å². The van der Waals surface area contributed by atoms with Gasteiger partial charge in [0.1, 0.15) is 0 Å². The molecular formula is C19H30. The van der Waals surface area contributed by atoms with Gasteiger partial charge in [-0.15, -0.1) is 6.58 Å². The van der Waals surface area contributed by atoms with Crippen LogP contribution in [0.5, 0.6) is 0 Å². The van der Waals surface area contributed by atoms with Gasteiger partial charge in [-0.1, -0.05) is 69.4 Å². The molecule has 0 spiro atoms. The van der Waals surface area contributed by atoms with Gasteiger partial charge >= 0.3 is 0 Å². The van der Waals surface area contributed by atoms with Crippen LogP contribution in [-0.2, 0) is 12.8 Å². The zero-order chi connectivity index (χ0) is 13.8. The van der Waals surface area contributed by atoms with Crippen molar-refractivity contribution in [1.82, 2.24) is 0 Å². The zero-order valence-corrected chi connectivity index (χ0v) is 12.7. The van der Waals surface area contributed by atoms with Gasteiger partial charge in [0.15, 0.2) is 0 Å². The van der Waals surface area contributed by atoms with E-state index in [9.17, 15) is 0 Å². The van der Waals surface area contributed by atoms with Crippen LogP contribution in [0.1, 0.15) is 69.4 Å². The van der Waals surface area contributed by atoms with E-state index in [1.807, 2.05) is 6.08 Å². The Labute approximate surface area is 119 Å². The number of hydrogen-bond donors (Lipinski definition) is 0. The van der Waals surface area contributed by atoms with Crippen LogP contribution >= 0.6 is 0 Å². The van der Waals surface area contributed by atoms with Crippen molar-refractivity contribution in [2.24, 2.45) is 0 Å². The van der Waals surface area contributed by atoms with Gasteiger partial charge in [0.05, 0.1) is 0 Å². The van der Waals surface area contributed by atoms with Gasteiger partial charge in [-0.25, -0.2) is 0 Å². The maximum atomic E-state index is 3.76. The molecule has 0 saturated heterocycles. The summed E-state index contributed by atoms with van der Waals surface area (Å²) < 4.78 is 0. The zero-order valence-electron chi connectivity index (χ0n) is 12.7. The molecule has 0 aliphatic rings. The van der Waals surface area contributed by atoms with E-state index in [0.29, 0.717) is 0 Å². The second kappa shape index (κ2) is 10.8. The van der Waals surface area contributed by atoms with Crippen molar-refractivity contribution < 1.29 is 0 Å². The smallest absolute Gasteiger partial charge is 0.0276 e. The number of hydrogen-bond acceptors (Lipinski definition) is 0. The SMILES string of the molecule is C=CCCCCCCCCc1ccccc1CCC. The molecule has 0 nitrogen and oxygen atoms in total. The second-order valence-electron chi connectivity index (χ2n) is 5.47. The fourth-order valence-corrected chi connectivity index (χ4v) is 2.63. The maximum Gasteiger partial charge on any atom is -0.0276 e. The second-order valence-corrected chi connectivity index (χ2v) is 5.47. The van der Waals surface area contributed by atoms with Crippen LogP contribution in [0, 0.1) is 0 Å². The van der Waals surface area contributed by atoms with Gasteiger partial charge in [-0.2, -0.15) is 0 Å². The first kappa shape index (κ1) is 16.0. The number of allylic oxidation sites excluding steroid dienone is 1. The highest BCUT2D eigenvalue weighted by Gasteiger charge is 2.00. The van der Waals surface area contributed by atoms with Crippen LogP contribution in [0.4, 0.5) is 0 Å². The van der Waals surface area contributed by atoms with Gasteiger partial charge < -0.3 is 0 Å². The Kier molecular flexibility index (Phi) is 9.14. The third-order valence-electron chi connectivity index (χ3n) is 3.74. The van der Waals surface area contributed by atoms with Crippen molar-refractivity contribution >= 4 is 0 Å². The van der Waals surface area contributed by atoms with Crippen molar-refractivity contribution in [2.45, 2.75) is 71.1 Å². The standard InChI is InChI=1S/C19H30/c1-3-5-6-7-8-9-10-11-15-19-17-13-12-16-18(19)14-4-2/h3,12-13,16-17H,1,4-11,14-15H2,2H3. The highest BCUT2D eigenvalue weighted by Crippen LogP contribution is 2.15. The average Bonchev–Trinajstić information content (AvgIpc) is 2.44. The monoisotopic (exact) mass is 258 g/mol. The predicted octanol–water partition coefficient (Wildman–Crippen LogP) is 6.10. The molecule has 0 saturated carbocycles. The first-order chi connectivity index (χ1) is 9.38. The molecule has 0 fully saturated rings. The molecule has 0 aromatic heterocycles. The Bertz CT molecular complexity index is 338. The third-order valence-corrected chi connectivity index (χ3v) is 3.74. The predicted molar refractivity (Wildman–Crippen MR) is 86.7 cm³/mol. The highest BCUT2D eigenvalue weighted by molar-refractivity contribution is 5.27. The van der Waals surface area contributed by atoms with Gasteiger partial charge in [-0.3, -0.25) is 0 Å². The molecule has 1 rings (SSSR count). The van der Waals surface area contributed by atoms with E-state index in [1.165, 1.54) is 64.2 Å². The van der Waals surface area contributed by atoms with Crippen molar-refractivity contribution in [3.63, 3.8) is 0 Å². The minimum absolute atomic E-state index is 1.18. The summed E-state index contributed by atoms with van der Waals surface area (Å²) in [5, 5.41) is 0. The Morgan fingerprint density at radius 2 is 1.42 bits per heavy atom.